The molecule has 0 aromatic rings. The molecule has 2 N–H and O–H groups in total. The molecule has 0 bridgehead atoms. The van der Waals surface area contributed by atoms with Crippen LogP contribution in [0.2, 0.25) is 0 Å². The number of nitrogens with two attached hydrogens (primary N) is 1. The van der Waals surface area contributed by atoms with Crippen molar-refractivity contribution < 1.29 is 14.4 Å². The molecule has 1 saturated heterocycles. The van der Waals surface area contributed by atoms with Crippen molar-refractivity contribution in [3.8, 4) is 0 Å². The number of hydrogen-bond donors (Lipinski definition) is 1. The number of hydrogen-bond acceptors (Lipinski definition) is 4. The molecule has 1 heterocycles. The van der Waals surface area contributed by atoms with Gasteiger partial charge in [0.2, 0.25) is 5.91 Å². The number of primary amides is 1. The maximum absolute atomic E-state index is 11.0. The van der Waals surface area contributed by atoms with Gasteiger partial charge in [0.15, 0.2) is 0 Å². The highest BCUT2D eigenvalue weighted by Gasteiger charge is 2.16. The van der Waals surface area contributed by atoms with Crippen LogP contribution >= 0.6 is 0 Å². The summed E-state index contributed by atoms with van der Waals surface area (Å²) in [6, 6.07) is 0. The van der Waals surface area contributed by atoms with Crippen molar-refractivity contribution in [1.29, 1.82) is 0 Å². The molecule has 1 fully saturated rings. The third-order valence-electron chi connectivity index (χ3n) is 1.87. The van der Waals surface area contributed by atoms with Crippen LogP contribution in [0.1, 0.15) is 25.7 Å². The van der Waals surface area contributed by atoms with Crippen LogP contribution in [0.5, 0.6) is 0 Å². The molecule has 5 nitrogen and oxygen atoms in total. The number of carbonyl (C=O) groups excluding carboxylic acids is 2. The molecule has 0 aliphatic carbocycles. The van der Waals surface area contributed by atoms with Gasteiger partial charge in [0.05, 0.1) is 6.42 Å². The van der Waals surface area contributed by atoms with Crippen molar-refractivity contribution in [1.82, 2.24) is 5.06 Å². The Balaban J connectivity index is 2.13. The minimum atomic E-state index is -0.474. The molecular weight excluding hydrogens is 172 g/mol. The Morgan fingerprint density at radius 1 is 1.23 bits per heavy atom. The van der Waals surface area contributed by atoms with Crippen LogP contribution in [0.25, 0.3) is 0 Å². The summed E-state index contributed by atoms with van der Waals surface area (Å²) in [4.78, 5) is 26.3. The number of hydroxylamine groups is 2. The van der Waals surface area contributed by atoms with Gasteiger partial charge in [0.25, 0.3) is 0 Å². The molecule has 0 atom stereocenters. The van der Waals surface area contributed by atoms with Gasteiger partial charge in [-0.3, -0.25) is 9.59 Å². The van der Waals surface area contributed by atoms with E-state index in [0.29, 0.717) is 0 Å². The van der Waals surface area contributed by atoms with Gasteiger partial charge in [-0.1, -0.05) is 0 Å². The van der Waals surface area contributed by atoms with Gasteiger partial charge in [-0.15, -0.1) is 5.06 Å². The highest BCUT2D eigenvalue weighted by atomic mass is 16.7. The van der Waals surface area contributed by atoms with Crippen LogP contribution < -0.4 is 5.73 Å². The Bertz CT molecular complexity index is 200. The van der Waals surface area contributed by atoms with Gasteiger partial charge in [-0.05, 0) is 12.8 Å². The van der Waals surface area contributed by atoms with E-state index >= 15 is 0 Å². The third-order valence-corrected chi connectivity index (χ3v) is 1.87. The largest absolute Gasteiger partial charge is 0.370 e. The highest BCUT2D eigenvalue weighted by molar-refractivity contribution is 5.79. The maximum atomic E-state index is 11.0. The predicted molar refractivity (Wildman–Crippen MR) is 45.3 cm³/mol. The van der Waals surface area contributed by atoms with Crippen molar-refractivity contribution in [3.05, 3.63) is 0 Å². The van der Waals surface area contributed by atoms with Gasteiger partial charge >= 0.3 is 5.97 Å². The molecule has 13 heavy (non-hydrogen) atoms. The molecule has 74 valence electrons. The van der Waals surface area contributed by atoms with E-state index in [1.54, 1.807) is 5.06 Å². The second-order valence-corrected chi connectivity index (χ2v) is 3.07. The van der Waals surface area contributed by atoms with E-state index in [1.807, 2.05) is 0 Å². The van der Waals surface area contributed by atoms with Gasteiger partial charge in [0.1, 0.15) is 0 Å². The first-order chi connectivity index (χ1) is 6.18. The van der Waals surface area contributed by atoms with Crippen LogP contribution in [-0.4, -0.2) is 30.0 Å². The van der Waals surface area contributed by atoms with Crippen molar-refractivity contribution in [2.24, 2.45) is 5.73 Å². The van der Waals surface area contributed by atoms with E-state index < -0.39 is 5.91 Å². The summed E-state index contributed by atoms with van der Waals surface area (Å²) in [5, 5.41) is 1.63. The van der Waals surface area contributed by atoms with E-state index in [2.05, 4.69) is 0 Å². The molecule has 1 aliphatic heterocycles. The quantitative estimate of drug-likeness (QED) is 0.660. The summed E-state index contributed by atoms with van der Waals surface area (Å²) in [6.07, 6.45) is 2.25. The van der Waals surface area contributed by atoms with Crippen molar-refractivity contribution in [3.63, 3.8) is 0 Å². The number of carbonyl (C=O) groups is 2. The Hall–Kier alpha value is -1.10. The number of amides is 1. The standard InChI is InChI=1S/C8H14N2O3/c9-7(11)3-4-8(12)13-10-5-1-2-6-10/h1-6H2,(H2,9,11). The van der Waals surface area contributed by atoms with Crippen LogP contribution in [0.15, 0.2) is 0 Å². The minimum absolute atomic E-state index is 0.0622. The highest BCUT2D eigenvalue weighted by Crippen LogP contribution is 2.08. The van der Waals surface area contributed by atoms with Gasteiger partial charge < -0.3 is 10.6 Å². The summed E-state index contributed by atoms with van der Waals surface area (Å²) < 4.78 is 0. The van der Waals surface area contributed by atoms with E-state index in [9.17, 15) is 9.59 Å². The summed E-state index contributed by atoms with van der Waals surface area (Å²) in [7, 11) is 0. The first-order valence-electron chi connectivity index (χ1n) is 4.42. The lowest BCUT2D eigenvalue weighted by Gasteiger charge is -2.13. The van der Waals surface area contributed by atoms with Crippen molar-refractivity contribution in [2.75, 3.05) is 13.1 Å². The van der Waals surface area contributed by atoms with Crippen LogP contribution in [-0.2, 0) is 14.4 Å². The zero-order valence-corrected chi connectivity index (χ0v) is 7.49. The molecular formula is C8H14N2O3. The fraction of sp³-hybridized carbons (Fsp3) is 0.750. The molecule has 0 saturated carbocycles. The van der Waals surface area contributed by atoms with Gasteiger partial charge in [0, 0.05) is 19.5 Å². The first-order valence-corrected chi connectivity index (χ1v) is 4.42. The molecule has 0 spiro atoms. The molecule has 1 aliphatic rings. The third kappa shape index (κ3) is 3.89. The van der Waals surface area contributed by atoms with Crippen LogP contribution in [0, 0.1) is 0 Å². The zero-order valence-electron chi connectivity index (χ0n) is 7.49. The fourth-order valence-corrected chi connectivity index (χ4v) is 1.19. The zero-order chi connectivity index (χ0) is 9.68. The average molecular weight is 186 g/mol. The summed E-state index contributed by atoms with van der Waals surface area (Å²) in [5.74, 6) is -0.848. The minimum Gasteiger partial charge on any atom is -0.370 e. The van der Waals surface area contributed by atoms with E-state index in [4.69, 9.17) is 10.6 Å². The Kier molecular flexibility index (Phi) is 3.70. The van der Waals surface area contributed by atoms with Crippen molar-refractivity contribution in [2.45, 2.75) is 25.7 Å². The molecule has 1 rings (SSSR count). The van der Waals surface area contributed by atoms with E-state index in [1.165, 1.54) is 0 Å². The smallest absolute Gasteiger partial charge is 0.325 e. The molecule has 1 amide bonds. The first kappa shape index (κ1) is 9.98. The Morgan fingerprint density at radius 3 is 2.38 bits per heavy atom. The van der Waals surface area contributed by atoms with E-state index in [-0.39, 0.29) is 18.8 Å². The summed E-state index contributed by atoms with van der Waals surface area (Å²) in [6.45, 7) is 1.59. The Labute approximate surface area is 76.8 Å². The molecule has 0 aromatic heterocycles. The molecule has 0 aromatic carbocycles. The number of rotatable bonds is 4. The lowest BCUT2D eigenvalue weighted by molar-refractivity contribution is -0.185. The van der Waals surface area contributed by atoms with Gasteiger partial charge in [-0.2, -0.15) is 0 Å². The second-order valence-electron chi connectivity index (χ2n) is 3.07. The molecule has 0 radical (unpaired) electrons. The normalized spacial score (nSPS) is 17.2. The second kappa shape index (κ2) is 4.81. The van der Waals surface area contributed by atoms with Gasteiger partial charge in [-0.25, -0.2) is 0 Å². The molecule has 5 heteroatoms. The summed E-state index contributed by atoms with van der Waals surface area (Å²) >= 11 is 0. The average Bonchev–Trinajstić information content (AvgIpc) is 2.53. The fourth-order valence-electron chi connectivity index (χ4n) is 1.19. The topological polar surface area (TPSA) is 72.6 Å². The lowest BCUT2D eigenvalue weighted by atomic mass is 10.3. The number of nitrogens with zero attached hydrogens (tertiary/aromatic N) is 1. The Morgan fingerprint density at radius 2 is 1.85 bits per heavy atom. The SMILES string of the molecule is NC(=O)CCC(=O)ON1CCCC1. The predicted octanol–water partition coefficient (Wildman–Crippen LogP) is -0.194. The molecule has 0 unspecified atom stereocenters. The van der Waals surface area contributed by atoms with E-state index in [0.717, 1.165) is 25.9 Å². The lowest BCUT2D eigenvalue weighted by Crippen LogP contribution is -2.24. The maximum Gasteiger partial charge on any atom is 0.325 e. The summed E-state index contributed by atoms with van der Waals surface area (Å²) in [5.41, 5.74) is 4.89. The van der Waals surface area contributed by atoms with Crippen LogP contribution in [0.3, 0.4) is 0 Å². The monoisotopic (exact) mass is 186 g/mol. The van der Waals surface area contributed by atoms with Crippen LogP contribution in [0.4, 0.5) is 0 Å². The van der Waals surface area contributed by atoms with Crippen molar-refractivity contribution >= 4 is 11.9 Å².